The van der Waals surface area contributed by atoms with Gasteiger partial charge in [-0.05, 0) is 28.7 Å². The number of ether oxygens (including phenoxy) is 2. The van der Waals surface area contributed by atoms with Crippen LogP contribution in [0.4, 0.5) is 13.2 Å². The molecule has 0 N–H and O–H groups in total. The highest BCUT2D eigenvalue weighted by molar-refractivity contribution is 14.1. The van der Waals surface area contributed by atoms with Gasteiger partial charge in [-0.3, -0.25) is 0 Å². The molecule has 16 heavy (non-hydrogen) atoms. The average Bonchev–Trinajstić information content (AvgIpc) is 2.14. The van der Waals surface area contributed by atoms with Gasteiger partial charge in [0, 0.05) is 5.56 Å². The van der Waals surface area contributed by atoms with E-state index in [9.17, 15) is 13.2 Å². The van der Waals surface area contributed by atoms with Crippen molar-refractivity contribution in [1.82, 2.24) is 4.98 Å². The largest absolute Gasteiger partial charge is 0.574 e. The number of aromatic nitrogens is 1. The molecule has 0 bridgehead atoms. The van der Waals surface area contributed by atoms with Crippen molar-refractivity contribution < 1.29 is 22.6 Å². The van der Waals surface area contributed by atoms with Crippen LogP contribution in [0.25, 0.3) is 0 Å². The third kappa shape index (κ3) is 3.55. The van der Waals surface area contributed by atoms with Gasteiger partial charge in [-0.1, -0.05) is 0 Å². The molecule has 0 fully saturated rings. The molecule has 0 spiro atoms. The molecular formula is C8H6ClF3INO2. The lowest BCUT2D eigenvalue weighted by Crippen LogP contribution is -2.19. The van der Waals surface area contributed by atoms with Gasteiger partial charge in [-0.2, -0.15) is 0 Å². The van der Waals surface area contributed by atoms with Crippen molar-refractivity contribution in [2.75, 3.05) is 7.11 Å². The van der Waals surface area contributed by atoms with Crippen molar-refractivity contribution in [2.45, 2.75) is 12.2 Å². The summed E-state index contributed by atoms with van der Waals surface area (Å²) in [7, 11) is 1.23. The quantitative estimate of drug-likeness (QED) is 0.467. The fourth-order valence-electron chi connectivity index (χ4n) is 1.02. The van der Waals surface area contributed by atoms with Gasteiger partial charge in [-0.15, -0.1) is 24.8 Å². The van der Waals surface area contributed by atoms with Gasteiger partial charge in [0.2, 0.25) is 0 Å². The van der Waals surface area contributed by atoms with Crippen LogP contribution in [0.15, 0.2) is 6.07 Å². The maximum absolute atomic E-state index is 12.1. The van der Waals surface area contributed by atoms with Crippen molar-refractivity contribution in [3.8, 4) is 11.6 Å². The first-order valence-electron chi connectivity index (χ1n) is 3.92. The van der Waals surface area contributed by atoms with Crippen LogP contribution in [0.2, 0.25) is 0 Å². The number of rotatable bonds is 3. The van der Waals surface area contributed by atoms with Crippen LogP contribution in [-0.4, -0.2) is 18.5 Å². The predicted octanol–water partition coefficient (Wildman–Crippen LogP) is 3.33. The van der Waals surface area contributed by atoms with Crippen LogP contribution in [0.1, 0.15) is 5.56 Å². The van der Waals surface area contributed by atoms with Gasteiger partial charge < -0.3 is 9.47 Å². The minimum Gasteiger partial charge on any atom is -0.491 e. The highest BCUT2D eigenvalue weighted by Gasteiger charge is 2.34. The summed E-state index contributed by atoms with van der Waals surface area (Å²) in [6.07, 6.45) is -4.81. The van der Waals surface area contributed by atoms with Crippen LogP contribution < -0.4 is 9.47 Å². The van der Waals surface area contributed by atoms with E-state index in [1.807, 2.05) is 0 Å². The Morgan fingerprint density at radius 2 is 2.12 bits per heavy atom. The molecule has 1 rings (SSSR count). The van der Waals surface area contributed by atoms with Crippen LogP contribution in [0, 0.1) is 3.70 Å². The van der Waals surface area contributed by atoms with E-state index in [0.29, 0.717) is 9.26 Å². The molecular weight excluding hydrogens is 361 g/mol. The van der Waals surface area contributed by atoms with Gasteiger partial charge in [0.15, 0.2) is 5.75 Å². The van der Waals surface area contributed by atoms with E-state index in [-0.39, 0.29) is 11.6 Å². The number of pyridine rings is 1. The summed E-state index contributed by atoms with van der Waals surface area (Å²) in [5.41, 5.74) is 0.391. The van der Waals surface area contributed by atoms with Gasteiger partial charge in [0.1, 0.15) is 3.70 Å². The smallest absolute Gasteiger partial charge is 0.491 e. The lowest BCUT2D eigenvalue weighted by Gasteiger charge is -2.13. The standard InChI is InChI=1S/C8H6ClF3INO2/c1-15-6-4(3-9)2-5(13)14-7(6)16-8(10,11)12/h2H,3H2,1H3. The number of hydrogen-bond donors (Lipinski definition) is 0. The molecule has 3 nitrogen and oxygen atoms in total. The molecule has 1 aromatic heterocycles. The molecule has 0 aliphatic carbocycles. The molecule has 1 aromatic rings. The summed E-state index contributed by atoms with van der Waals surface area (Å²) < 4.78 is 45.1. The maximum Gasteiger partial charge on any atom is 0.574 e. The van der Waals surface area contributed by atoms with Gasteiger partial charge in [0.25, 0.3) is 5.88 Å². The van der Waals surface area contributed by atoms with Crippen LogP contribution in [0.5, 0.6) is 11.6 Å². The fourth-order valence-corrected chi connectivity index (χ4v) is 1.82. The monoisotopic (exact) mass is 367 g/mol. The summed E-state index contributed by atoms with van der Waals surface area (Å²) in [5.74, 6) is -0.721. The molecule has 0 amide bonds. The van der Waals surface area contributed by atoms with Crippen LogP contribution in [-0.2, 0) is 5.88 Å². The summed E-state index contributed by atoms with van der Waals surface area (Å²) in [5, 5.41) is 0. The molecule has 1 heterocycles. The molecule has 8 heteroatoms. The first-order valence-corrected chi connectivity index (χ1v) is 5.54. The van der Waals surface area contributed by atoms with E-state index in [1.165, 1.54) is 13.2 Å². The molecule has 90 valence electrons. The van der Waals surface area contributed by atoms with Crippen molar-refractivity contribution in [1.29, 1.82) is 0 Å². The number of nitrogens with zero attached hydrogens (tertiary/aromatic N) is 1. The van der Waals surface area contributed by atoms with Crippen LogP contribution in [0.3, 0.4) is 0 Å². The second kappa shape index (κ2) is 5.26. The number of alkyl halides is 4. The van der Waals surface area contributed by atoms with Crippen molar-refractivity contribution in [2.24, 2.45) is 0 Å². The van der Waals surface area contributed by atoms with E-state index in [0.717, 1.165) is 0 Å². The van der Waals surface area contributed by atoms with Crippen molar-refractivity contribution in [3.05, 3.63) is 15.3 Å². The minimum atomic E-state index is -4.81. The molecule has 0 atom stereocenters. The summed E-state index contributed by atoms with van der Waals surface area (Å²) in [6, 6.07) is 1.52. The van der Waals surface area contributed by atoms with E-state index in [1.54, 1.807) is 22.6 Å². The SMILES string of the molecule is COc1c(CCl)cc(I)nc1OC(F)(F)F. The second-order valence-electron chi connectivity index (χ2n) is 2.62. The Bertz CT molecular complexity index is 386. The zero-order chi connectivity index (χ0) is 12.3. The molecule has 0 radical (unpaired) electrons. The summed E-state index contributed by atoms with van der Waals surface area (Å²) >= 11 is 7.34. The van der Waals surface area contributed by atoms with Crippen molar-refractivity contribution in [3.63, 3.8) is 0 Å². The Morgan fingerprint density at radius 1 is 1.50 bits per heavy atom. The van der Waals surface area contributed by atoms with Gasteiger partial charge >= 0.3 is 6.36 Å². The van der Waals surface area contributed by atoms with E-state index in [2.05, 4.69) is 9.72 Å². The average molecular weight is 367 g/mol. The lowest BCUT2D eigenvalue weighted by atomic mass is 10.3. The Labute approximate surface area is 108 Å². The zero-order valence-corrected chi connectivity index (χ0v) is 10.9. The highest BCUT2D eigenvalue weighted by Crippen LogP contribution is 2.34. The Balaban J connectivity index is 3.20. The molecule has 0 aliphatic heterocycles. The van der Waals surface area contributed by atoms with E-state index >= 15 is 0 Å². The number of hydrogen-bond acceptors (Lipinski definition) is 3. The molecule has 0 unspecified atom stereocenters. The summed E-state index contributed by atoms with van der Waals surface area (Å²) in [4.78, 5) is 3.60. The predicted molar refractivity (Wildman–Crippen MR) is 59.7 cm³/mol. The minimum absolute atomic E-state index is 0.00983. The third-order valence-electron chi connectivity index (χ3n) is 1.55. The zero-order valence-electron chi connectivity index (χ0n) is 7.94. The third-order valence-corrected chi connectivity index (χ3v) is 2.39. The van der Waals surface area contributed by atoms with Crippen molar-refractivity contribution >= 4 is 34.2 Å². The molecule has 0 saturated heterocycles. The van der Waals surface area contributed by atoms with Gasteiger partial charge in [-0.25, -0.2) is 4.98 Å². The normalized spacial score (nSPS) is 11.4. The Kier molecular flexibility index (Phi) is 4.48. The Morgan fingerprint density at radius 3 is 2.56 bits per heavy atom. The number of halogens is 5. The molecule has 0 saturated carbocycles. The molecule has 0 aliphatic rings. The number of methoxy groups -OCH3 is 1. The fraction of sp³-hybridized carbons (Fsp3) is 0.375. The summed E-state index contributed by atoms with van der Waals surface area (Å²) in [6.45, 7) is 0. The first kappa shape index (κ1) is 13.6. The highest BCUT2D eigenvalue weighted by atomic mass is 127. The molecule has 0 aromatic carbocycles. The van der Waals surface area contributed by atoms with Gasteiger partial charge in [0.05, 0.1) is 13.0 Å². The Hall–Kier alpha value is -0.440. The maximum atomic E-state index is 12.1. The second-order valence-corrected chi connectivity index (χ2v) is 4.00. The van der Waals surface area contributed by atoms with E-state index < -0.39 is 12.2 Å². The topological polar surface area (TPSA) is 31.4 Å². The lowest BCUT2D eigenvalue weighted by molar-refractivity contribution is -0.276. The first-order chi connectivity index (χ1) is 7.37. The van der Waals surface area contributed by atoms with Crippen LogP contribution >= 0.6 is 34.2 Å². The van der Waals surface area contributed by atoms with E-state index in [4.69, 9.17) is 16.3 Å².